The normalized spacial score (nSPS) is 22.9. The molecule has 0 aliphatic heterocycles. The molecular weight excluding hydrogens is 234 g/mol. The van der Waals surface area contributed by atoms with Crippen molar-refractivity contribution in [3.8, 4) is 0 Å². The maximum Gasteiger partial charge on any atom is 0.407 e. The molecule has 0 aromatic carbocycles. The molecule has 1 fully saturated rings. The van der Waals surface area contributed by atoms with Gasteiger partial charge in [-0.15, -0.1) is 0 Å². The van der Waals surface area contributed by atoms with Crippen molar-refractivity contribution in [2.45, 2.75) is 58.6 Å². The molecule has 0 spiro atoms. The van der Waals surface area contributed by atoms with Crippen LogP contribution in [0, 0.1) is 5.92 Å². The number of carbonyl (C=O) groups is 2. The zero-order valence-corrected chi connectivity index (χ0v) is 11.6. The van der Waals surface area contributed by atoms with Crippen molar-refractivity contribution in [3.05, 3.63) is 0 Å². The van der Waals surface area contributed by atoms with Gasteiger partial charge in [0.1, 0.15) is 5.60 Å². The van der Waals surface area contributed by atoms with Gasteiger partial charge in [0.25, 0.3) is 0 Å². The van der Waals surface area contributed by atoms with Crippen molar-refractivity contribution < 1.29 is 19.1 Å². The van der Waals surface area contributed by atoms with Crippen LogP contribution in [0.15, 0.2) is 0 Å². The number of alkyl carbamates (subject to hydrolysis) is 1. The van der Waals surface area contributed by atoms with Crippen molar-refractivity contribution in [2.75, 3.05) is 6.61 Å². The predicted molar refractivity (Wildman–Crippen MR) is 67.1 cm³/mol. The van der Waals surface area contributed by atoms with Gasteiger partial charge in [-0.05, 0) is 46.5 Å². The zero-order chi connectivity index (χ0) is 13.8. The molecule has 0 bridgehead atoms. The average molecular weight is 257 g/mol. The highest BCUT2D eigenvalue weighted by molar-refractivity contribution is 5.70. The minimum Gasteiger partial charge on any atom is -0.466 e. The maximum absolute atomic E-state index is 11.5. The fourth-order valence-electron chi connectivity index (χ4n) is 1.95. The summed E-state index contributed by atoms with van der Waals surface area (Å²) in [6.07, 6.45) is 1.69. The summed E-state index contributed by atoms with van der Waals surface area (Å²) < 4.78 is 10.0. The lowest BCUT2D eigenvalue weighted by Crippen LogP contribution is -2.46. The summed E-state index contributed by atoms with van der Waals surface area (Å²) in [7, 11) is 0. The second-order valence-corrected chi connectivity index (χ2v) is 5.69. The predicted octanol–water partition coefficient (Wildman–Crippen LogP) is 2.24. The van der Waals surface area contributed by atoms with Gasteiger partial charge < -0.3 is 14.8 Å². The highest BCUT2D eigenvalue weighted by Crippen LogP contribution is 2.30. The molecular formula is C13H23NO4. The van der Waals surface area contributed by atoms with Gasteiger partial charge in [-0.2, -0.15) is 0 Å². The Morgan fingerprint density at radius 2 is 1.89 bits per heavy atom. The molecule has 1 aliphatic carbocycles. The Balaban J connectivity index is 2.15. The molecule has 5 nitrogen and oxygen atoms in total. The van der Waals surface area contributed by atoms with Crippen LogP contribution < -0.4 is 5.32 Å². The summed E-state index contributed by atoms with van der Waals surface area (Å²) in [4.78, 5) is 22.7. The van der Waals surface area contributed by atoms with Crippen molar-refractivity contribution >= 4 is 12.1 Å². The molecule has 104 valence electrons. The van der Waals surface area contributed by atoms with Crippen LogP contribution in [0.5, 0.6) is 0 Å². The van der Waals surface area contributed by atoms with Crippen LogP contribution in [-0.2, 0) is 14.3 Å². The first-order chi connectivity index (χ1) is 8.30. The molecule has 0 aromatic rings. The van der Waals surface area contributed by atoms with E-state index < -0.39 is 5.60 Å². The second kappa shape index (κ2) is 6.07. The van der Waals surface area contributed by atoms with Crippen LogP contribution in [0.2, 0.25) is 0 Å². The number of carbonyl (C=O) groups excluding carboxylic acids is 2. The number of rotatable bonds is 4. The van der Waals surface area contributed by atoms with Crippen molar-refractivity contribution in [1.29, 1.82) is 0 Å². The first-order valence-corrected chi connectivity index (χ1v) is 6.45. The number of esters is 1. The lowest BCUT2D eigenvalue weighted by Gasteiger charge is -2.35. The SMILES string of the molecule is CCOC(=O)C[C@H]1C[C@H](NC(=O)OC(C)(C)C)C1. The quantitative estimate of drug-likeness (QED) is 0.784. The molecule has 0 saturated heterocycles. The summed E-state index contributed by atoms with van der Waals surface area (Å²) >= 11 is 0. The molecule has 0 radical (unpaired) electrons. The Hall–Kier alpha value is -1.26. The lowest BCUT2D eigenvalue weighted by atomic mass is 9.78. The summed E-state index contributed by atoms with van der Waals surface area (Å²) in [5.41, 5.74) is -0.474. The van der Waals surface area contributed by atoms with E-state index in [-0.39, 0.29) is 18.1 Å². The summed E-state index contributed by atoms with van der Waals surface area (Å²) in [5, 5.41) is 2.79. The molecule has 0 aromatic heterocycles. The molecule has 5 heteroatoms. The molecule has 0 atom stereocenters. The van der Waals surface area contributed by atoms with Gasteiger partial charge in [0.05, 0.1) is 6.61 Å². The number of nitrogens with one attached hydrogen (secondary N) is 1. The number of hydrogen-bond acceptors (Lipinski definition) is 4. The van der Waals surface area contributed by atoms with E-state index >= 15 is 0 Å². The Bertz CT molecular complexity index is 303. The highest BCUT2D eigenvalue weighted by atomic mass is 16.6. The maximum atomic E-state index is 11.5. The molecule has 0 unspecified atom stereocenters. The van der Waals surface area contributed by atoms with Gasteiger partial charge in [-0.3, -0.25) is 4.79 Å². The third-order valence-corrected chi connectivity index (χ3v) is 2.72. The van der Waals surface area contributed by atoms with Gasteiger partial charge in [-0.1, -0.05) is 0 Å². The van der Waals surface area contributed by atoms with E-state index in [9.17, 15) is 9.59 Å². The standard InChI is InChI=1S/C13H23NO4/c1-5-17-11(15)8-9-6-10(7-9)14-12(16)18-13(2,3)4/h9-10H,5-8H2,1-4H3,(H,14,16)/t9-,10-. The zero-order valence-electron chi connectivity index (χ0n) is 11.6. The summed E-state index contributed by atoms with van der Waals surface area (Å²) in [6, 6.07) is 0.124. The Labute approximate surface area is 108 Å². The summed E-state index contributed by atoms with van der Waals surface area (Å²) in [6.45, 7) is 7.71. The van der Waals surface area contributed by atoms with Crippen molar-refractivity contribution in [2.24, 2.45) is 5.92 Å². The van der Waals surface area contributed by atoms with E-state index in [4.69, 9.17) is 9.47 Å². The first-order valence-electron chi connectivity index (χ1n) is 6.45. The Morgan fingerprint density at radius 3 is 2.39 bits per heavy atom. The minimum atomic E-state index is -0.474. The van der Waals surface area contributed by atoms with Crippen LogP contribution in [0.1, 0.15) is 47.0 Å². The highest BCUT2D eigenvalue weighted by Gasteiger charge is 2.33. The Kier molecular flexibility index (Phi) is 4.99. The third kappa shape index (κ3) is 5.38. The van der Waals surface area contributed by atoms with Gasteiger partial charge in [-0.25, -0.2) is 4.79 Å². The van der Waals surface area contributed by atoms with E-state index in [1.807, 2.05) is 20.8 Å². The molecule has 18 heavy (non-hydrogen) atoms. The van der Waals surface area contributed by atoms with E-state index in [1.54, 1.807) is 6.92 Å². The van der Waals surface area contributed by atoms with Crippen molar-refractivity contribution in [3.63, 3.8) is 0 Å². The topological polar surface area (TPSA) is 64.6 Å². The van der Waals surface area contributed by atoms with E-state index in [2.05, 4.69) is 5.32 Å². The number of hydrogen-bond donors (Lipinski definition) is 1. The van der Waals surface area contributed by atoms with Gasteiger partial charge in [0.2, 0.25) is 0 Å². The van der Waals surface area contributed by atoms with E-state index in [0.717, 1.165) is 12.8 Å². The average Bonchev–Trinajstić information content (AvgIpc) is 2.11. The van der Waals surface area contributed by atoms with Gasteiger partial charge >= 0.3 is 12.1 Å². The monoisotopic (exact) mass is 257 g/mol. The minimum absolute atomic E-state index is 0.124. The van der Waals surface area contributed by atoms with Crippen molar-refractivity contribution in [1.82, 2.24) is 5.32 Å². The van der Waals surface area contributed by atoms with Gasteiger partial charge in [0, 0.05) is 12.5 Å². The number of amides is 1. The molecule has 1 amide bonds. The number of ether oxygens (including phenoxy) is 2. The summed E-state index contributed by atoms with van der Waals surface area (Å²) in [5.74, 6) is 0.169. The van der Waals surface area contributed by atoms with Crippen LogP contribution in [0.25, 0.3) is 0 Å². The molecule has 1 N–H and O–H groups in total. The van der Waals surface area contributed by atoms with E-state index in [0.29, 0.717) is 18.9 Å². The second-order valence-electron chi connectivity index (χ2n) is 5.69. The van der Waals surface area contributed by atoms with E-state index in [1.165, 1.54) is 0 Å². The smallest absolute Gasteiger partial charge is 0.407 e. The largest absolute Gasteiger partial charge is 0.466 e. The fourth-order valence-corrected chi connectivity index (χ4v) is 1.95. The first kappa shape index (κ1) is 14.8. The van der Waals surface area contributed by atoms with Crippen LogP contribution in [-0.4, -0.2) is 30.3 Å². The van der Waals surface area contributed by atoms with Crippen LogP contribution in [0.4, 0.5) is 4.79 Å². The lowest BCUT2D eigenvalue weighted by molar-refractivity contribution is -0.145. The molecule has 1 rings (SSSR count). The Morgan fingerprint density at radius 1 is 1.28 bits per heavy atom. The molecule has 1 aliphatic rings. The van der Waals surface area contributed by atoms with Crippen LogP contribution in [0.3, 0.4) is 0 Å². The molecule has 0 heterocycles. The molecule has 1 saturated carbocycles. The van der Waals surface area contributed by atoms with Crippen LogP contribution >= 0.6 is 0 Å². The third-order valence-electron chi connectivity index (χ3n) is 2.72. The fraction of sp³-hybridized carbons (Fsp3) is 0.846. The van der Waals surface area contributed by atoms with Gasteiger partial charge in [0.15, 0.2) is 0 Å².